The third kappa shape index (κ3) is 5.55. The lowest BCUT2D eigenvalue weighted by Crippen LogP contribution is -2.46. The Morgan fingerprint density at radius 2 is 1.79 bits per heavy atom. The van der Waals surface area contributed by atoms with Crippen LogP contribution < -0.4 is 9.46 Å². The van der Waals surface area contributed by atoms with Crippen LogP contribution in [-0.4, -0.2) is 45.5 Å². The van der Waals surface area contributed by atoms with E-state index in [1.165, 1.54) is 12.1 Å². The van der Waals surface area contributed by atoms with Gasteiger partial charge >= 0.3 is 0 Å². The average Bonchev–Trinajstić information content (AvgIpc) is 2.72. The molecule has 0 unspecified atom stereocenters. The van der Waals surface area contributed by atoms with Crippen LogP contribution in [-0.2, 0) is 21.2 Å². The summed E-state index contributed by atoms with van der Waals surface area (Å²) in [5.74, 6) is 0.342. The van der Waals surface area contributed by atoms with E-state index in [2.05, 4.69) is 4.72 Å². The van der Waals surface area contributed by atoms with Gasteiger partial charge < -0.3 is 9.64 Å². The van der Waals surface area contributed by atoms with Crippen LogP contribution in [0.5, 0.6) is 5.75 Å². The highest BCUT2D eigenvalue weighted by atomic mass is 32.2. The molecule has 0 atom stereocenters. The maximum atomic E-state index is 13.0. The largest absolute Gasteiger partial charge is 0.496 e. The summed E-state index contributed by atoms with van der Waals surface area (Å²) in [6.07, 6.45) is 2.06. The molecular weight excluding hydrogens is 395 g/mol. The summed E-state index contributed by atoms with van der Waals surface area (Å²) in [5, 5.41) is 0. The molecule has 0 bridgehead atoms. The maximum Gasteiger partial charge on any atom is 0.240 e. The minimum absolute atomic E-state index is 0.0363. The van der Waals surface area contributed by atoms with Crippen LogP contribution in [0, 0.1) is 5.82 Å². The molecule has 0 aliphatic carbocycles. The number of likely N-dealkylation sites (tertiary alicyclic amines) is 1. The van der Waals surface area contributed by atoms with Crippen molar-refractivity contribution >= 4 is 15.9 Å². The molecule has 1 aliphatic rings. The Kier molecular flexibility index (Phi) is 6.87. The normalized spacial score (nSPS) is 15.3. The number of halogens is 1. The first kappa shape index (κ1) is 21.3. The van der Waals surface area contributed by atoms with Crippen LogP contribution in [0.1, 0.15) is 24.8 Å². The fraction of sp³-hybridized carbons (Fsp3) is 0.381. The SMILES string of the molecule is COc1ccccc1CCC(=O)N1CCC(NS(=O)(=O)c2ccc(F)cc2)CC1. The predicted octanol–water partition coefficient (Wildman–Crippen LogP) is 2.74. The first-order chi connectivity index (χ1) is 13.9. The molecule has 2 aromatic carbocycles. The summed E-state index contributed by atoms with van der Waals surface area (Å²) in [6.45, 7) is 1.00. The lowest BCUT2D eigenvalue weighted by atomic mass is 10.0. The number of sulfonamides is 1. The number of hydrogen-bond donors (Lipinski definition) is 1. The van der Waals surface area contributed by atoms with Crippen LogP contribution in [0.4, 0.5) is 4.39 Å². The van der Waals surface area contributed by atoms with Crippen molar-refractivity contribution in [2.24, 2.45) is 0 Å². The van der Waals surface area contributed by atoms with Crippen molar-refractivity contribution in [1.82, 2.24) is 9.62 Å². The second-order valence-corrected chi connectivity index (χ2v) is 8.76. The molecule has 1 fully saturated rings. The molecule has 8 heteroatoms. The molecule has 1 N–H and O–H groups in total. The smallest absolute Gasteiger partial charge is 0.240 e. The molecule has 1 saturated heterocycles. The average molecular weight is 421 g/mol. The highest BCUT2D eigenvalue weighted by Gasteiger charge is 2.26. The zero-order valence-electron chi connectivity index (χ0n) is 16.3. The number of carbonyl (C=O) groups is 1. The van der Waals surface area contributed by atoms with Crippen molar-refractivity contribution in [1.29, 1.82) is 0 Å². The Morgan fingerprint density at radius 3 is 2.45 bits per heavy atom. The number of piperidine rings is 1. The number of para-hydroxylation sites is 1. The molecule has 6 nitrogen and oxygen atoms in total. The molecule has 3 rings (SSSR count). The molecule has 2 aromatic rings. The van der Waals surface area contributed by atoms with E-state index >= 15 is 0 Å². The summed E-state index contributed by atoms with van der Waals surface area (Å²) in [4.78, 5) is 14.3. The second-order valence-electron chi connectivity index (χ2n) is 7.04. The molecule has 0 saturated carbocycles. The summed E-state index contributed by atoms with van der Waals surface area (Å²) in [6, 6.07) is 12.1. The van der Waals surface area contributed by atoms with Crippen molar-refractivity contribution in [3.63, 3.8) is 0 Å². The topological polar surface area (TPSA) is 75.7 Å². The third-order valence-electron chi connectivity index (χ3n) is 5.09. The molecule has 0 aromatic heterocycles. The first-order valence-corrected chi connectivity index (χ1v) is 11.0. The molecular formula is C21H25FN2O4S. The zero-order chi connectivity index (χ0) is 20.9. The number of aryl methyl sites for hydroxylation is 1. The third-order valence-corrected chi connectivity index (χ3v) is 6.63. The Hall–Kier alpha value is -2.45. The number of amides is 1. The van der Waals surface area contributed by atoms with Gasteiger partial charge in [-0.1, -0.05) is 18.2 Å². The summed E-state index contributed by atoms with van der Waals surface area (Å²) < 4.78 is 45.8. The fourth-order valence-corrected chi connectivity index (χ4v) is 4.76. The van der Waals surface area contributed by atoms with E-state index in [0.29, 0.717) is 38.8 Å². The Morgan fingerprint density at radius 1 is 1.14 bits per heavy atom. The van der Waals surface area contributed by atoms with Crippen molar-refractivity contribution < 1.29 is 22.3 Å². The van der Waals surface area contributed by atoms with Gasteiger partial charge in [0.05, 0.1) is 12.0 Å². The van der Waals surface area contributed by atoms with Crippen LogP contribution in [0.3, 0.4) is 0 Å². The van der Waals surface area contributed by atoms with E-state index in [1.807, 2.05) is 24.3 Å². The molecule has 1 amide bonds. The molecule has 0 spiro atoms. The summed E-state index contributed by atoms with van der Waals surface area (Å²) in [7, 11) is -2.09. The highest BCUT2D eigenvalue weighted by Crippen LogP contribution is 2.20. The van der Waals surface area contributed by atoms with Crippen LogP contribution in [0.2, 0.25) is 0 Å². The first-order valence-electron chi connectivity index (χ1n) is 9.56. The monoisotopic (exact) mass is 420 g/mol. The Labute approximate surface area is 170 Å². The van der Waals surface area contributed by atoms with E-state index < -0.39 is 15.8 Å². The minimum Gasteiger partial charge on any atom is -0.496 e. The van der Waals surface area contributed by atoms with E-state index in [9.17, 15) is 17.6 Å². The van der Waals surface area contributed by atoms with Crippen molar-refractivity contribution in [2.45, 2.75) is 36.6 Å². The van der Waals surface area contributed by atoms with Gasteiger partial charge in [0.1, 0.15) is 11.6 Å². The van der Waals surface area contributed by atoms with Crippen LogP contribution in [0.25, 0.3) is 0 Å². The number of hydrogen-bond acceptors (Lipinski definition) is 4. The van der Waals surface area contributed by atoms with E-state index in [4.69, 9.17) is 4.74 Å². The summed E-state index contributed by atoms with van der Waals surface area (Å²) >= 11 is 0. The lowest BCUT2D eigenvalue weighted by molar-refractivity contribution is -0.132. The number of rotatable bonds is 7. The number of nitrogens with zero attached hydrogens (tertiary/aromatic N) is 1. The number of carbonyl (C=O) groups excluding carboxylic acids is 1. The molecule has 1 aliphatic heterocycles. The standard InChI is InChI=1S/C21H25FN2O4S/c1-28-20-5-3-2-4-16(20)6-11-21(25)24-14-12-18(13-15-24)23-29(26,27)19-9-7-17(22)8-10-19/h2-5,7-10,18,23H,6,11-15H2,1H3. The number of benzene rings is 2. The maximum absolute atomic E-state index is 13.0. The molecule has 29 heavy (non-hydrogen) atoms. The minimum atomic E-state index is -3.70. The van der Waals surface area contributed by atoms with Gasteiger partial charge in [0.25, 0.3) is 0 Å². The van der Waals surface area contributed by atoms with Gasteiger partial charge in [-0.15, -0.1) is 0 Å². The van der Waals surface area contributed by atoms with Gasteiger partial charge in [-0.3, -0.25) is 4.79 Å². The quantitative estimate of drug-likeness (QED) is 0.747. The van der Waals surface area contributed by atoms with E-state index in [0.717, 1.165) is 23.4 Å². The van der Waals surface area contributed by atoms with E-state index in [-0.39, 0.29) is 16.8 Å². The van der Waals surface area contributed by atoms with Crippen molar-refractivity contribution in [3.8, 4) is 5.75 Å². The van der Waals surface area contributed by atoms with Crippen LogP contribution in [0.15, 0.2) is 53.4 Å². The fourth-order valence-electron chi connectivity index (χ4n) is 3.46. The molecule has 156 valence electrons. The zero-order valence-corrected chi connectivity index (χ0v) is 17.1. The van der Waals surface area contributed by atoms with Crippen molar-refractivity contribution in [2.75, 3.05) is 20.2 Å². The van der Waals surface area contributed by atoms with Gasteiger partial charge in [0.2, 0.25) is 15.9 Å². The molecule has 0 radical (unpaired) electrons. The van der Waals surface area contributed by atoms with E-state index in [1.54, 1.807) is 12.0 Å². The van der Waals surface area contributed by atoms with Gasteiger partial charge in [0.15, 0.2) is 0 Å². The number of ether oxygens (including phenoxy) is 1. The predicted molar refractivity (Wildman–Crippen MR) is 108 cm³/mol. The summed E-state index contributed by atoms with van der Waals surface area (Å²) in [5.41, 5.74) is 0.991. The highest BCUT2D eigenvalue weighted by molar-refractivity contribution is 7.89. The van der Waals surface area contributed by atoms with Crippen molar-refractivity contribution in [3.05, 3.63) is 59.9 Å². The van der Waals surface area contributed by atoms with Gasteiger partial charge in [-0.2, -0.15) is 0 Å². The number of nitrogens with one attached hydrogen (secondary N) is 1. The Bertz CT molecular complexity index is 939. The van der Waals surface area contributed by atoms with Gasteiger partial charge in [-0.25, -0.2) is 17.5 Å². The second kappa shape index (κ2) is 9.37. The molecule has 1 heterocycles. The number of methoxy groups -OCH3 is 1. The van der Waals surface area contributed by atoms with Gasteiger partial charge in [0, 0.05) is 25.6 Å². The van der Waals surface area contributed by atoms with Crippen LogP contribution >= 0.6 is 0 Å². The lowest BCUT2D eigenvalue weighted by Gasteiger charge is -2.32. The van der Waals surface area contributed by atoms with Gasteiger partial charge in [-0.05, 0) is 55.2 Å². The Balaban J connectivity index is 1.49.